The van der Waals surface area contributed by atoms with E-state index in [9.17, 15) is 8.78 Å². The van der Waals surface area contributed by atoms with Crippen LogP contribution >= 0.6 is 0 Å². The maximum absolute atomic E-state index is 13.7. The summed E-state index contributed by atoms with van der Waals surface area (Å²) in [4.78, 5) is 2.41. The SMILES string of the molecule is N[C@@H]1CCCN([C@H]2CCc3ccccc3[C@@H]2Oc2ccc(F)c(F)c2)C1. The third-order valence-electron chi connectivity index (χ3n) is 5.53. The fourth-order valence-electron chi connectivity index (χ4n) is 4.26. The number of nitrogens with two attached hydrogens (primary N) is 1. The molecular weight excluding hydrogens is 334 g/mol. The summed E-state index contributed by atoms with van der Waals surface area (Å²) in [5, 5.41) is 0. The summed E-state index contributed by atoms with van der Waals surface area (Å²) in [5.41, 5.74) is 8.58. The first-order valence-electron chi connectivity index (χ1n) is 9.31. The van der Waals surface area contributed by atoms with Crippen molar-refractivity contribution in [2.24, 2.45) is 5.73 Å². The van der Waals surface area contributed by atoms with E-state index in [1.807, 2.05) is 12.1 Å². The lowest BCUT2D eigenvalue weighted by molar-refractivity contribution is 0.0365. The Morgan fingerprint density at radius 1 is 1.04 bits per heavy atom. The molecule has 138 valence electrons. The van der Waals surface area contributed by atoms with Crippen LogP contribution in [0.3, 0.4) is 0 Å². The highest BCUT2D eigenvalue weighted by Crippen LogP contribution is 2.37. The molecule has 1 saturated heterocycles. The number of ether oxygens (including phenoxy) is 1. The van der Waals surface area contributed by atoms with Crippen LogP contribution in [0.1, 0.15) is 36.5 Å². The maximum Gasteiger partial charge on any atom is 0.162 e. The number of rotatable bonds is 3. The zero-order chi connectivity index (χ0) is 18.1. The Morgan fingerprint density at radius 3 is 2.69 bits per heavy atom. The molecule has 1 aliphatic carbocycles. The minimum atomic E-state index is -0.886. The smallest absolute Gasteiger partial charge is 0.162 e. The van der Waals surface area contributed by atoms with Crippen LogP contribution in [0, 0.1) is 11.6 Å². The van der Waals surface area contributed by atoms with Crippen molar-refractivity contribution in [2.75, 3.05) is 13.1 Å². The molecule has 2 aromatic carbocycles. The number of hydrogen-bond donors (Lipinski definition) is 1. The fraction of sp³-hybridized carbons (Fsp3) is 0.429. The molecule has 1 heterocycles. The van der Waals surface area contributed by atoms with E-state index in [4.69, 9.17) is 10.5 Å². The van der Waals surface area contributed by atoms with Gasteiger partial charge in [0.2, 0.25) is 0 Å². The van der Waals surface area contributed by atoms with Gasteiger partial charge in [0.25, 0.3) is 0 Å². The predicted molar refractivity (Wildman–Crippen MR) is 97.1 cm³/mol. The van der Waals surface area contributed by atoms with Gasteiger partial charge >= 0.3 is 0 Å². The summed E-state index contributed by atoms with van der Waals surface area (Å²) in [5.74, 6) is -1.39. The first-order valence-corrected chi connectivity index (χ1v) is 9.31. The Bertz CT molecular complexity index is 782. The van der Waals surface area contributed by atoms with Gasteiger partial charge in [-0.15, -0.1) is 0 Å². The lowest BCUT2D eigenvalue weighted by Crippen LogP contribution is -2.51. The summed E-state index contributed by atoms with van der Waals surface area (Å²) in [6, 6.07) is 12.3. The summed E-state index contributed by atoms with van der Waals surface area (Å²) in [6.07, 6.45) is 3.88. The molecule has 0 bridgehead atoms. The van der Waals surface area contributed by atoms with E-state index in [1.165, 1.54) is 11.6 Å². The fourth-order valence-corrected chi connectivity index (χ4v) is 4.26. The second-order valence-corrected chi connectivity index (χ2v) is 7.32. The molecular formula is C21H24F2N2O. The van der Waals surface area contributed by atoms with E-state index in [0.717, 1.165) is 56.5 Å². The molecule has 5 heteroatoms. The number of likely N-dealkylation sites (tertiary alicyclic amines) is 1. The largest absolute Gasteiger partial charge is 0.484 e. The van der Waals surface area contributed by atoms with Gasteiger partial charge in [0, 0.05) is 18.7 Å². The zero-order valence-corrected chi connectivity index (χ0v) is 14.7. The number of piperidine rings is 1. The Hall–Kier alpha value is -1.98. The van der Waals surface area contributed by atoms with Crippen molar-refractivity contribution in [2.45, 2.75) is 43.9 Å². The van der Waals surface area contributed by atoms with Crippen LogP contribution in [-0.4, -0.2) is 30.1 Å². The highest BCUT2D eigenvalue weighted by Gasteiger charge is 2.36. The second kappa shape index (κ2) is 7.33. The number of hydrogen-bond acceptors (Lipinski definition) is 3. The summed E-state index contributed by atoms with van der Waals surface area (Å²) in [7, 11) is 0. The minimum absolute atomic E-state index is 0.185. The zero-order valence-electron chi connectivity index (χ0n) is 14.7. The van der Waals surface area contributed by atoms with Crippen LogP contribution in [0.5, 0.6) is 5.75 Å². The van der Waals surface area contributed by atoms with Gasteiger partial charge < -0.3 is 10.5 Å². The molecule has 4 rings (SSSR count). The average Bonchev–Trinajstić information content (AvgIpc) is 2.65. The van der Waals surface area contributed by atoms with Crippen molar-refractivity contribution in [3.8, 4) is 5.75 Å². The average molecular weight is 358 g/mol. The quantitative estimate of drug-likeness (QED) is 0.906. The predicted octanol–water partition coefficient (Wildman–Crippen LogP) is 3.82. The summed E-state index contributed by atoms with van der Waals surface area (Å²) >= 11 is 0. The number of aryl methyl sites for hydroxylation is 1. The van der Waals surface area contributed by atoms with Crippen molar-refractivity contribution >= 4 is 0 Å². The normalized spacial score (nSPS) is 26.3. The van der Waals surface area contributed by atoms with Gasteiger partial charge in [0.15, 0.2) is 11.6 Å². The summed E-state index contributed by atoms with van der Waals surface area (Å²) in [6.45, 7) is 1.85. The molecule has 2 aromatic rings. The molecule has 0 spiro atoms. The van der Waals surface area contributed by atoms with Crippen LogP contribution in [0.2, 0.25) is 0 Å². The third-order valence-corrected chi connectivity index (χ3v) is 5.53. The van der Waals surface area contributed by atoms with Crippen molar-refractivity contribution in [1.82, 2.24) is 4.90 Å². The van der Waals surface area contributed by atoms with E-state index in [2.05, 4.69) is 17.0 Å². The molecule has 26 heavy (non-hydrogen) atoms. The minimum Gasteiger partial charge on any atom is -0.484 e. The highest BCUT2D eigenvalue weighted by molar-refractivity contribution is 5.35. The van der Waals surface area contributed by atoms with Gasteiger partial charge in [-0.1, -0.05) is 24.3 Å². The van der Waals surface area contributed by atoms with Gasteiger partial charge in [-0.2, -0.15) is 0 Å². The molecule has 1 fully saturated rings. The Balaban J connectivity index is 1.66. The lowest BCUT2D eigenvalue weighted by Gasteiger charge is -2.43. The number of nitrogens with zero attached hydrogens (tertiary/aromatic N) is 1. The molecule has 0 unspecified atom stereocenters. The standard InChI is InChI=1S/C21H24F2N2O/c22-18-9-8-16(12-19(18)23)26-21-17-6-2-1-4-14(17)7-10-20(21)25-11-3-5-15(24)13-25/h1-2,4,6,8-9,12,15,20-21H,3,5,7,10-11,13,24H2/t15-,20+,21+/m1/s1. The van der Waals surface area contributed by atoms with Crippen molar-refractivity contribution in [1.29, 1.82) is 0 Å². The molecule has 0 aromatic heterocycles. The van der Waals surface area contributed by atoms with E-state index >= 15 is 0 Å². The van der Waals surface area contributed by atoms with E-state index < -0.39 is 11.6 Å². The van der Waals surface area contributed by atoms with E-state index in [1.54, 1.807) is 0 Å². The van der Waals surface area contributed by atoms with Crippen molar-refractivity contribution in [3.05, 3.63) is 65.2 Å². The van der Waals surface area contributed by atoms with Gasteiger partial charge in [-0.25, -0.2) is 8.78 Å². The monoisotopic (exact) mass is 358 g/mol. The molecule has 0 amide bonds. The van der Waals surface area contributed by atoms with Crippen LogP contribution < -0.4 is 10.5 Å². The van der Waals surface area contributed by atoms with Crippen LogP contribution in [0.15, 0.2) is 42.5 Å². The van der Waals surface area contributed by atoms with Gasteiger partial charge in [-0.3, -0.25) is 4.90 Å². The van der Waals surface area contributed by atoms with E-state index in [-0.39, 0.29) is 18.2 Å². The first kappa shape index (κ1) is 17.4. The van der Waals surface area contributed by atoms with Crippen molar-refractivity contribution in [3.63, 3.8) is 0 Å². The highest BCUT2D eigenvalue weighted by atomic mass is 19.2. The van der Waals surface area contributed by atoms with Crippen LogP contribution in [-0.2, 0) is 6.42 Å². The Kier molecular flexibility index (Phi) is 4.92. The number of benzene rings is 2. The molecule has 2 aliphatic rings. The molecule has 0 radical (unpaired) electrons. The van der Waals surface area contributed by atoms with Crippen molar-refractivity contribution < 1.29 is 13.5 Å². The van der Waals surface area contributed by atoms with Gasteiger partial charge in [-0.05, 0) is 55.5 Å². The molecule has 3 atom stereocenters. The van der Waals surface area contributed by atoms with E-state index in [0.29, 0.717) is 5.75 Å². The molecule has 0 saturated carbocycles. The van der Waals surface area contributed by atoms with Crippen LogP contribution in [0.4, 0.5) is 8.78 Å². The Labute approximate surface area is 152 Å². The third kappa shape index (κ3) is 3.46. The molecule has 1 aliphatic heterocycles. The summed E-state index contributed by atoms with van der Waals surface area (Å²) < 4.78 is 33.2. The van der Waals surface area contributed by atoms with Crippen LogP contribution in [0.25, 0.3) is 0 Å². The molecule has 2 N–H and O–H groups in total. The number of fused-ring (bicyclic) bond motifs is 1. The second-order valence-electron chi connectivity index (χ2n) is 7.32. The number of halogens is 2. The topological polar surface area (TPSA) is 38.5 Å². The molecule has 3 nitrogen and oxygen atoms in total. The maximum atomic E-state index is 13.7. The van der Waals surface area contributed by atoms with Gasteiger partial charge in [0.1, 0.15) is 11.9 Å². The van der Waals surface area contributed by atoms with Gasteiger partial charge in [0.05, 0.1) is 6.04 Å². The first-order chi connectivity index (χ1) is 12.6. The Morgan fingerprint density at radius 2 is 1.88 bits per heavy atom. The lowest BCUT2D eigenvalue weighted by atomic mass is 9.84.